The number of halogens is 1. The van der Waals surface area contributed by atoms with E-state index in [1.54, 1.807) is 19.1 Å². The summed E-state index contributed by atoms with van der Waals surface area (Å²) in [6, 6.07) is 12.9. The molecule has 1 heterocycles. The molecule has 0 aliphatic carbocycles. The van der Waals surface area contributed by atoms with E-state index in [1.807, 2.05) is 30.3 Å². The van der Waals surface area contributed by atoms with Gasteiger partial charge in [-0.15, -0.1) is 0 Å². The zero-order valence-corrected chi connectivity index (χ0v) is 12.9. The fraction of sp³-hybridized carbons (Fsp3) is 0.125. The van der Waals surface area contributed by atoms with Crippen LogP contribution in [0.2, 0.25) is 0 Å². The van der Waals surface area contributed by atoms with Crippen LogP contribution in [0.4, 0.5) is 0 Å². The average Bonchev–Trinajstić information content (AvgIpc) is 2.93. The van der Waals surface area contributed by atoms with E-state index in [9.17, 15) is 4.79 Å². The maximum absolute atomic E-state index is 11.5. The molecule has 0 saturated carbocycles. The Bertz CT molecular complexity index is 725. The molecule has 0 bridgehead atoms. The van der Waals surface area contributed by atoms with Crippen LogP contribution in [0.25, 0.3) is 17.4 Å². The molecule has 0 atom stereocenters. The highest BCUT2D eigenvalue weighted by Gasteiger charge is 2.11. The molecule has 0 saturated heterocycles. The standard InChI is InChI=1S/C16H12BrNO3/c1-2-20-16(19)12(10-18)9-14-6-7-15(21-14)11-4-3-5-13(17)8-11/h3-9H,2H2,1H3/b12-9+. The predicted molar refractivity (Wildman–Crippen MR) is 82.1 cm³/mol. The van der Waals surface area contributed by atoms with Gasteiger partial charge in [0, 0.05) is 16.1 Å². The lowest BCUT2D eigenvalue weighted by Crippen LogP contribution is -2.05. The fourth-order valence-electron chi connectivity index (χ4n) is 1.72. The molecule has 2 rings (SSSR count). The highest BCUT2D eigenvalue weighted by Crippen LogP contribution is 2.25. The van der Waals surface area contributed by atoms with Crippen LogP contribution in [-0.2, 0) is 9.53 Å². The molecular formula is C16H12BrNO3. The Labute approximate surface area is 130 Å². The molecule has 0 spiro atoms. The van der Waals surface area contributed by atoms with Gasteiger partial charge >= 0.3 is 5.97 Å². The third-order valence-electron chi connectivity index (χ3n) is 2.64. The quantitative estimate of drug-likeness (QED) is 0.473. The normalized spacial score (nSPS) is 11.0. The zero-order valence-electron chi connectivity index (χ0n) is 11.3. The molecule has 106 valence electrons. The Kier molecular flexibility index (Phi) is 4.96. The first-order valence-electron chi connectivity index (χ1n) is 6.28. The Hall–Kier alpha value is -2.32. The lowest BCUT2D eigenvalue weighted by molar-refractivity contribution is -0.137. The molecule has 0 radical (unpaired) electrons. The second-order valence-electron chi connectivity index (χ2n) is 4.10. The van der Waals surface area contributed by atoms with Crippen LogP contribution in [0, 0.1) is 11.3 Å². The van der Waals surface area contributed by atoms with Crippen LogP contribution in [0.1, 0.15) is 12.7 Å². The van der Waals surface area contributed by atoms with Crippen LogP contribution >= 0.6 is 15.9 Å². The van der Waals surface area contributed by atoms with E-state index in [2.05, 4.69) is 15.9 Å². The second kappa shape index (κ2) is 6.91. The Morgan fingerprint density at radius 3 is 2.90 bits per heavy atom. The summed E-state index contributed by atoms with van der Waals surface area (Å²) in [7, 11) is 0. The molecule has 21 heavy (non-hydrogen) atoms. The van der Waals surface area contributed by atoms with Crippen molar-refractivity contribution in [2.24, 2.45) is 0 Å². The van der Waals surface area contributed by atoms with Gasteiger partial charge in [-0.2, -0.15) is 5.26 Å². The summed E-state index contributed by atoms with van der Waals surface area (Å²) in [5, 5.41) is 8.98. The predicted octanol–water partition coefficient (Wildman–Crippen LogP) is 4.18. The molecule has 4 nitrogen and oxygen atoms in total. The second-order valence-corrected chi connectivity index (χ2v) is 5.02. The van der Waals surface area contributed by atoms with Gasteiger partial charge in [-0.05, 0) is 31.2 Å². The number of rotatable bonds is 4. The topological polar surface area (TPSA) is 63.2 Å². The highest BCUT2D eigenvalue weighted by atomic mass is 79.9. The van der Waals surface area contributed by atoms with E-state index in [-0.39, 0.29) is 12.2 Å². The van der Waals surface area contributed by atoms with E-state index < -0.39 is 5.97 Å². The lowest BCUT2D eigenvalue weighted by atomic mass is 10.2. The third-order valence-corrected chi connectivity index (χ3v) is 3.13. The number of ether oxygens (including phenoxy) is 1. The Morgan fingerprint density at radius 2 is 2.24 bits per heavy atom. The minimum Gasteiger partial charge on any atom is -0.462 e. The summed E-state index contributed by atoms with van der Waals surface area (Å²) in [6.07, 6.45) is 1.37. The summed E-state index contributed by atoms with van der Waals surface area (Å²) in [6.45, 7) is 1.91. The van der Waals surface area contributed by atoms with E-state index >= 15 is 0 Å². The van der Waals surface area contributed by atoms with Gasteiger partial charge in [0.1, 0.15) is 23.2 Å². The van der Waals surface area contributed by atoms with Crippen LogP contribution in [-0.4, -0.2) is 12.6 Å². The lowest BCUT2D eigenvalue weighted by Gasteiger charge is -1.99. The third kappa shape index (κ3) is 3.83. The van der Waals surface area contributed by atoms with E-state index in [0.717, 1.165) is 10.0 Å². The van der Waals surface area contributed by atoms with Crippen LogP contribution in [0.15, 0.2) is 50.9 Å². The minimum atomic E-state index is -0.652. The van der Waals surface area contributed by atoms with Crippen molar-refractivity contribution in [1.82, 2.24) is 0 Å². The number of hydrogen-bond acceptors (Lipinski definition) is 4. The minimum absolute atomic E-state index is 0.0907. The summed E-state index contributed by atoms with van der Waals surface area (Å²) >= 11 is 3.40. The Morgan fingerprint density at radius 1 is 1.43 bits per heavy atom. The molecule has 0 aliphatic rings. The number of esters is 1. The first kappa shape index (κ1) is 15.1. The number of nitriles is 1. The summed E-state index contributed by atoms with van der Waals surface area (Å²) in [5.74, 6) is 0.429. The van der Waals surface area contributed by atoms with Crippen molar-refractivity contribution < 1.29 is 13.9 Å². The summed E-state index contributed by atoms with van der Waals surface area (Å²) < 4.78 is 11.4. The maximum Gasteiger partial charge on any atom is 0.349 e. The number of furan rings is 1. The summed E-state index contributed by atoms with van der Waals surface area (Å²) in [5.41, 5.74) is 0.811. The molecule has 5 heteroatoms. The van der Waals surface area contributed by atoms with Crippen LogP contribution < -0.4 is 0 Å². The molecule has 2 aromatic rings. The number of carbonyl (C=O) groups excluding carboxylic acids is 1. The van der Waals surface area contributed by atoms with Crippen molar-refractivity contribution >= 4 is 28.0 Å². The largest absolute Gasteiger partial charge is 0.462 e. The number of nitrogens with zero attached hydrogens (tertiary/aromatic N) is 1. The van der Waals surface area contributed by atoms with Crippen molar-refractivity contribution in [3.05, 3.63) is 52.2 Å². The average molecular weight is 346 g/mol. The van der Waals surface area contributed by atoms with Crippen molar-refractivity contribution in [3.63, 3.8) is 0 Å². The van der Waals surface area contributed by atoms with Crippen molar-refractivity contribution in [2.75, 3.05) is 6.61 Å². The van der Waals surface area contributed by atoms with Crippen molar-refractivity contribution in [3.8, 4) is 17.4 Å². The molecule has 1 aromatic heterocycles. The molecule has 0 N–H and O–H groups in total. The number of hydrogen-bond donors (Lipinski definition) is 0. The van der Waals surface area contributed by atoms with Gasteiger partial charge in [0.05, 0.1) is 6.61 Å². The van der Waals surface area contributed by atoms with Crippen molar-refractivity contribution in [1.29, 1.82) is 5.26 Å². The Balaban J connectivity index is 2.28. The number of carbonyl (C=O) groups is 1. The van der Waals surface area contributed by atoms with Crippen molar-refractivity contribution in [2.45, 2.75) is 6.92 Å². The molecule has 1 aromatic carbocycles. The van der Waals surface area contributed by atoms with Gasteiger partial charge in [0.2, 0.25) is 0 Å². The fourth-order valence-corrected chi connectivity index (χ4v) is 2.11. The molecule has 0 amide bonds. The first-order valence-corrected chi connectivity index (χ1v) is 7.08. The van der Waals surface area contributed by atoms with E-state index in [4.69, 9.17) is 14.4 Å². The first-order chi connectivity index (χ1) is 10.1. The molecule has 0 unspecified atom stereocenters. The van der Waals surface area contributed by atoms with Crippen LogP contribution in [0.3, 0.4) is 0 Å². The monoisotopic (exact) mass is 345 g/mol. The SMILES string of the molecule is CCOC(=O)/C(C#N)=C/c1ccc(-c2cccc(Br)c2)o1. The van der Waals surface area contributed by atoms with Crippen LogP contribution in [0.5, 0.6) is 0 Å². The zero-order chi connectivity index (χ0) is 15.2. The van der Waals surface area contributed by atoms with Gasteiger partial charge in [0.25, 0.3) is 0 Å². The van der Waals surface area contributed by atoms with E-state index in [0.29, 0.717) is 11.5 Å². The van der Waals surface area contributed by atoms with Gasteiger partial charge in [-0.3, -0.25) is 0 Å². The molecule has 0 aliphatic heterocycles. The molecular weight excluding hydrogens is 334 g/mol. The summed E-state index contributed by atoms with van der Waals surface area (Å²) in [4.78, 5) is 11.5. The van der Waals surface area contributed by atoms with Gasteiger partial charge in [0.15, 0.2) is 0 Å². The maximum atomic E-state index is 11.5. The van der Waals surface area contributed by atoms with Gasteiger partial charge < -0.3 is 9.15 Å². The van der Waals surface area contributed by atoms with Gasteiger partial charge in [-0.1, -0.05) is 28.1 Å². The number of benzene rings is 1. The smallest absolute Gasteiger partial charge is 0.349 e. The van der Waals surface area contributed by atoms with E-state index in [1.165, 1.54) is 6.08 Å². The van der Waals surface area contributed by atoms with Gasteiger partial charge in [-0.25, -0.2) is 4.79 Å². The highest BCUT2D eigenvalue weighted by molar-refractivity contribution is 9.10. The molecule has 0 fully saturated rings.